The Morgan fingerprint density at radius 2 is 1.90 bits per heavy atom. The van der Waals surface area contributed by atoms with Gasteiger partial charge < -0.3 is 10.2 Å². The highest BCUT2D eigenvalue weighted by Gasteiger charge is 2.28. The number of halogens is 1. The number of pyridine rings is 1. The molecule has 0 bridgehead atoms. The van der Waals surface area contributed by atoms with Crippen LogP contribution >= 0.6 is 11.6 Å². The number of carbonyl (C=O) groups is 1. The van der Waals surface area contributed by atoms with E-state index in [1.165, 1.54) is 11.1 Å². The molecular weight excluding hydrogens is 384 g/mol. The third-order valence-electron chi connectivity index (χ3n) is 5.11. The van der Waals surface area contributed by atoms with Gasteiger partial charge in [0.2, 0.25) is 0 Å². The van der Waals surface area contributed by atoms with Crippen molar-refractivity contribution in [2.24, 2.45) is 0 Å². The van der Waals surface area contributed by atoms with Crippen LogP contribution in [-0.2, 0) is 6.54 Å². The molecule has 1 aliphatic heterocycles. The van der Waals surface area contributed by atoms with Crippen molar-refractivity contribution in [1.29, 1.82) is 0 Å². The van der Waals surface area contributed by atoms with Crippen molar-refractivity contribution in [3.05, 3.63) is 82.5 Å². The predicted molar refractivity (Wildman–Crippen MR) is 119 cm³/mol. The number of nitrogens with one attached hydrogen (secondary N) is 1. The number of benzene rings is 2. The summed E-state index contributed by atoms with van der Waals surface area (Å²) in [5, 5.41) is 3.58. The summed E-state index contributed by atoms with van der Waals surface area (Å²) in [5.74, 6) is 0.816. The Hall–Kier alpha value is -3.05. The van der Waals surface area contributed by atoms with Gasteiger partial charge in [0, 0.05) is 36.5 Å². The second kappa shape index (κ2) is 8.13. The van der Waals surface area contributed by atoms with E-state index >= 15 is 0 Å². The van der Waals surface area contributed by atoms with E-state index in [-0.39, 0.29) is 6.03 Å². The summed E-state index contributed by atoms with van der Waals surface area (Å²) in [6, 6.07) is 17.6. The molecule has 0 aliphatic carbocycles. The molecule has 148 valence electrons. The minimum Gasteiger partial charge on any atom is -0.349 e. The zero-order valence-corrected chi connectivity index (χ0v) is 17.3. The molecule has 0 saturated heterocycles. The highest BCUT2D eigenvalue weighted by atomic mass is 35.5. The number of carbonyl (C=O) groups excluding carboxylic acids is 1. The molecule has 3 aromatic rings. The first kappa shape index (κ1) is 19.3. The van der Waals surface area contributed by atoms with Crippen molar-refractivity contribution < 1.29 is 4.79 Å². The Morgan fingerprint density at radius 1 is 1.10 bits per heavy atom. The minimum atomic E-state index is -0.186. The van der Waals surface area contributed by atoms with Gasteiger partial charge in [-0.05, 0) is 49.2 Å². The molecule has 6 heteroatoms. The van der Waals surface area contributed by atoms with Crippen molar-refractivity contribution in [2.45, 2.75) is 20.4 Å². The first-order valence-corrected chi connectivity index (χ1v) is 9.99. The number of amides is 2. The largest absolute Gasteiger partial charge is 0.349 e. The predicted octanol–water partition coefficient (Wildman–Crippen LogP) is 5.41. The van der Waals surface area contributed by atoms with Crippen molar-refractivity contribution in [2.75, 3.05) is 28.2 Å². The molecule has 0 radical (unpaired) electrons. The summed E-state index contributed by atoms with van der Waals surface area (Å²) < 4.78 is 0. The van der Waals surface area contributed by atoms with Crippen LogP contribution in [0.4, 0.5) is 22.0 Å². The molecule has 0 atom stereocenters. The molecule has 1 aromatic heterocycles. The van der Waals surface area contributed by atoms with Gasteiger partial charge in [-0.25, -0.2) is 9.78 Å². The third kappa shape index (κ3) is 4.20. The van der Waals surface area contributed by atoms with Crippen LogP contribution in [0.1, 0.15) is 16.7 Å². The van der Waals surface area contributed by atoms with Crippen LogP contribution < -0.4 is 15.1 Å². The van der Waals surface area contributed by atoms with E-state index in [1.54, 1.807) is 17.2 Å². The molecule has 0 spiro atoms. The van der Waals surface area contributed by atoms with Crippen LogP contribution in [0, 0.1) is 13.8 Å². The first-order valence-electron chi connectivity index (χ1n) is 9.61. The highest BCUT2D eigenvalue weighted by molar-refractivity contribution is 6.31. The van der Waals surface area contributed by atoms with E-state index in [1.807, 2.05) is 31.2 Å². The number of nitrogens with zero attached hydrogens (tertiary/aromatic N) is 3. The zero-order chi connectivity index (χ0) is 20.4. The van der Waals surface area contributed by atoms with E-state index in [4.69, 9.17) is 11.6 Å². The summed E-state index contributed by atoms with van der Waals surface area (Å²) in [7, 11) is 0. The SMILES string of the molecule is Cc1ccc(CN2CCN(C(=O)Nc3ccc(C)c(Cl)c3)c3cccnc32)cc1. The smallest absolute Gasteiger partial charge is 0.326 e. The van der Waals surface area contributed by atoms with Gasteiger partial charge in [-0.1, -0.05) is 47.5 Å². The number of hydrogen-bond acceptors (Lipinski definition) is 3. The van der Waals surface area contributed by atoms with Gasteiger partial charge in [0.1, 0.15) is 0 Å². The Morgan fingerprint density at radius 3 is 2.66 bits per heavy atom. The topological polar surface area (TPSA) is 48.5 Å². The van der Waals surface area contributed by atoms with Crippen molar-refractivity contribution in [3.63, 3.8) is 0 Å². The van der Waals surface area contributed by atoms with Gasteiger partial charge in [0.15, 0.2) is 5.82 Å². The fraction of sp³-hybridized carbons (Fsp3) is 0.217. The van der Waals surface area contributed by atoms with E-state index in [0.29, 0.717) is 23.8 Å². The minimum absolute atomic E-state index is 0.186. The van der Waals surface area contributed by atoms with E-state index in [0.717, 1.165) is 23.6 Å². The lowest BCUT2D eigenvalue weighted by atomic mass is 10.1. The molecule has 0 unspecified atom stereocenters. The Bertz CT molecular complexity index is 1040. The summed E-state index contributed by atoms with van der Waals surface area (Å²) in [4.78, 5) is 21.5. The van der Waals surface area contributed by atoms with E-state index in [9.17, 15) is 4.79 Å². The molecule has 2 amide bonds. The van der Waals surface area contributed by atoms with Crippen molar-refractivity contribution in [1.82, 2.24) is 4.98 Å². The molecule has 2 aromatic carbocycles. The number of hydrogen-bond donors (Lipinski definition) is 1. The lowest BCUT2D eigenvalue weighted by Crippen LogP contribution is -2.46. The quantitative estimate of drug-likeness (QED) is 0.632. The molecule has 2 heterocycles. The monoisotopic (exact) mass is 406 g/mol. The van der Waals surface area contributed by atoms with Crippen molar-refractivity contribution in [3.8, 4) is 0 Å². The third-order valence-corrected chi connectivity index (χ3v) is 5.52. The molecular formula is C23H23ClN4O. The second-order valence-corrected chi connectivity index (χ2v) is 7.71. The number of aryl methyl sites for hydroxylation is 2. The zero-order valence-electron chi connectivity index (χ0n) is 16.5. The van der Waals surface area contributed by atoms with Crippen LogP contribution in [0.3, 0.4) is 0 Å². The lowest BCUT2D eigenvalue weighted by Gasteiger charge is -2.36. The molecule has 5 nitrogen and oxygen atoms in total. The van der Waals surface area contributed by atoms with E-state index in [2.05, 4.69) is 46.4 Å². The Labute approximate surface area is 175 Å². The first-order chi connectivity index (χ1) is 14.0. The average Bonchev–Trinajstić information content (AvgIpc) is 2.72. The van der Waals surface area contributed by atoms with Crippen molar-refractivity contribution >= 4 is 34.8 Å². The highest BCUT2D eigenvalue weighted by Crippen LogP contribution is 2.32. The second-order valence-electron chi connectivity index (χ2n) is 7.30. The molecule has 4 rings (SSSR count). The normalized spacial score (nSPS) is 13.2. The fourth-order valence-electron chi connectivity index (χ4n) is 3.43. The molecule has 1 N–H and O–H groups in total. The number of anilines is 3. The Balaban J connectivity index is 1.55. The lowest BCUT2D eigenvalue weighted by molar-refractivity contribution is 0.256. The fourth-order valence-corrected chi connectivity index (χ4v) is 3.61. The number of rotatable bonds is 3. The van der Waals surface area contributed by atoms with Gasteiger partial charge in [0.05, 0.1) is 5.69 Å². The van der Waals surface area contributed by atoms with Crippen LogP contribution in [-0.4, -0.2) is 24.1 Å². The van der Waals surface area contributed by atoms with Crippen LogP contribution in [0.2, 0.25) is 5.02 Å². The van der Waals surface area contributed by atoms with Gasteiger partial charge in [-0.3, -0.25) is 4.90 Å². The molecule has 29 heavy (non-hydrogen) atoms. The maximum Gasteiger partial charge on any atom is 0.326 e. The molecule has 1 aliphatic rings. The van der Waals surface area contributed by atoms with Crippen LogP contribution in [0.25, 0.3) is 0 Å². The van der Waals surface area contributed by atoms with Gasteiger partial charge in [-0.15, -0.1) is 0 Å². The van der Waals surface area contributed by atoms with E-state index < -0.39 is 0 Å². The number of urea groups is 1. The van der Waals surface area contributed by atoms with Gasteiger partial charge in [0.25, 0.3) is 0 Å². The number of fused-ring (bicyclic) bond motifs is 1. The Kier molecular flexibility index (Phi) is 5.41. The maximum atomic E-state index is 13.0. The summed E-state index contributed by atoms with van der Waals surface area (Å²) >= 11 is 6.19. The van der Waals surface area contributed by atoms with Crippen LogP contribution in [0.15, 0.2) is 60.8 Å². The summed E-state index contributed by atoms with van der Waals surface area (Å²) in [5.41, 5.74) is 4.92. The average molecular weight is 407 g/mol. The standard InChI is InChI=1S/C23H23ClN4O/c1-16-5-8-18(9-6-16)15-27-12-13-28(21-4-3-11-25-22(21)27)23(29)26-19-10-7-17(2)20(24)14-19/h3-11,14H,12-13,15H2,1-2H3,(H,26,29). The number of aromatic nitrogens is 1. The molecule has 0 fully saturated rings. The summed E-state index contributed by atoms with van der Waals surface area (Å²) in [6.07, 6.45) is 1.77. The maximum absolute atomic E-state index is 13.0. The van der Waals surface area contributed by atoms with Gasteiger partial charge in [-0.2, -0.15) is 0 Å². The summed E-state index contributed by atoms with van der Waals surface area (Å²) in [6.45, 7) is 6.06. The molecule has 0 saturated carbocycles. The van der Waals surface area contributed by atoms with Gasteiger partial charge >= 0.3 is 6.03 Å². The van der Waals surface area contributed by atoms with Crippen LogP contribution in [0.5, 0.6) is 0 Å².